The van der Waals surface area contributed by atoms with Crippen molar-refractivity contribution in [2.45, 2.75) is 12.0 Å². The molecule has 1 aromatic carbocycles. The van der Waals surface area contributed by atoms with Crippen LogP contribution >= 0.6 is 0 Å². The van der Waals surface area contributed by atoms with E-state index >= 15 is 0 Å². The van der Waals surface area contributed by atoms with Gasteiger partial charge in [0.25, 0.3) is 0 Å². The van der Waals surface area contributed by atoms with Crippen molar-refractivity contribution >= 4 is 6.08 Å². The molecule has 2 nitrogen and oxygen atoms in total. The normalized spacial score (nSPS) is 21.9. The van der Waals surface area contributed by atoms with Gasteiger partial charge in [-0.05, 0) is 29.3 Å². The molecule has 0 radical (unpaired) electrons. The van der Waals surface area contributed by atoms with Gasteiger partial charge in [-0.2, -0.15) is 0 Å². The van der Waals surface area contributed by atoms with Gasteiger partial charge in [-0.1, -0.05) is 18.2 Å². The molecule has 16 heavy (non-hydrogen) atoms. The maximum absolute atomic E-state index is 5.64. The fraction of sp³-hybridized carbons (Fsp3) is 0.286. The van der Waals surface area contributed by atoms with E-state index in [2.05, 4.69) is 24.8 Å². The fourth-order valence-corrected chi connectivity index (χ4v) is 2.16. The third-order valence-electron chi connectivity index (χ3n) is 3.06. The summed E-state index contributed by atoms with van der Waals surface area (Å²) in [5.41, 5.74) is 1.99. The van der Waals surface area contributed by atoms with Crippen molar-refractivity contribution in [1.29, 1.82) is 0 Å². The number of fused-ring (bicyclic) bond motifs is 1. The van der Waals surface area contributed by atoms with Gasteiger partial charge >= 0.3 is 0 Å². The summed E-state index contributed by atoms with van der Waals surface area (Å²) < 4.78 is 10.8. The maximum atomic E-state index is 5.64. The Morgan fingerprint density at radius 2 is 2.19 bits per heavy atom. The van der Waals surface area contributed by atoms with Crippen molar-refractivity contribution in [3.63, 3.8) is 0 Å². The first kappa shape index (κ1) is 11.0. The van der Waals surface area contributed by atoms with E-state index in [0.29, 0.717) is 0 Å². The zero-order chi connectivity index (χ0) is 11.6. The summed E-state index contributed by atoms with van der Waals surface area (Å²) in [4.78, 5) is 0. The molecular weight excluding hydrogens is 200 g/mol. The Morgan fingerprint density at radius 1 is 1.38 bits per heavy atom. The van der Waals surface area contributed by atoms with Crippen LogP contribution in [0.25, 0.3) is 6.08 Å². The van der Waals surface area contributed by atoms with Crippen LogP contribution < -0.4 is 4.74 Å². The van der Waals surface area contributed by atoms with Crippen LogP contribution in [0.4, 0.5) is 0 Å². The monoisotopic (exact) mass is 216 g/mol. The molecule has 0 heterocycles. The number of hydrogen-bond donors (Lipinski definition) is 0. The average Bonchev–Trinajstić information content (AvgIpc) is 2.69. The lowest BCUT2D eigenvalue weighted by Crippen LogP contribution is -2.23. The van der Waals surface area contributed by atoms with E-state index in [-0.39, 0.29) is 5.60 Å². The number of rotatable bonds is 4. The molecule has 0 spiro atoms. The molecule has 0 aromatic heterocycles. The van der Waals surface area contributed by atoms with Crippen LogP contribution in [0.15, 0.2) is 36.9 Å². The third kappa shape index (κ3) is 1.55. The molecule has 2 heteroatoms. The summed E-state index contributed by atoms with van der Waals surface area (Å²) >= 11 is 0. The first-order chi connectivity index (χ1) is 7.75. The highest BCUT2D eigenvalue weighted by molar-refractivity contribution is 5.65. The van der Waals surface area contributed by atoms with Crippen molar-refractivity contribution in [2.24, 2.45) is 0 Å². The van der Waals surface area contributed by atoms with Gasteiger partial charge in [-0.15, -0.1) is 6.58 Å². The van der Waals surface area contributed by atoms with Crippen molar-refractivity contribution in [1.82, 2.24) is 0 Å². The molecule has 1 unspecified atom stereocenters. The Kier molecular flexibility index (Phi) is 2.84. The van der Waals surface area contributed by atoms with Gasteiger partial charge < -0.3 is 9.47 Å². The minimum atomic E-state index is -0.344. The Bertz CT molecular complexity index is 434. The minimum absolute atomic E-state index is 0.344. The second kappa shape index (κ2) is 4.14. The van der Waals surface area contributed by atoms with Crippen LogP contribution in [0.3, 0.4) is 0 Å². The summed E-state index contributed by atoms with van der Waals surface area (Å²) in [7, 11) is 3.40. The topological polar surface area (TPSA) is 18.5 Å². The van der Waals surface area contributed by atoms with Crippen molar-refractivity contribution < 1.29 is 9.47 Å². The smallest absolute Gasteiger partial charge is 0.119 e. The molecular formula is C14H16O2. The first-order valence-electron chi connectivity index (χ1n) is 5.29. The molecule has 0 bridgehead atoms. The molecule has 84 valence electrons. The standard InChI is InChI=1S/C14H16O2/c1-4-8-14(16-3)9-7-11-10-12(15-2)5-6-13(11)14/h4-7,9-10H,1,8H2,2-3H3. The second-order valence-corrected chi connectivity index (χ2v) is 3.87. The fourth-order valence-electron chi connectivity index (χ4n) is 2.16. The Morgan fingerprint density at radius 3 is 2.81 bits per heavy atom. The molecule has 1 aliphatic rings. The van der Waals surface area contributed by atoms with Crippen LogP contribution in [0, 0.1) is 0 Å². The van der Waals surface area contributed by atoms with Gasteiger partial charge in [0, 0.05) is 13.5 Å². The van der Waals surface area contributed by atoms with Crippen LogP contribution in [0.5, 0.6) is 5.75 Å². The third-order valence-corrected chi connectivity index (χ3v) is 3.06. The highest BCUT2D eigenvalue weighted by atomic mass is 16.5. The highest BCUT2D eigenvalue weighted by Gasteiger charge is 2.33. The minimum Gasteiger partial charge on any atom is -0.497 e. The zero-order valence-electron chi connectivity index (χ0n) is 9.69. The summed E-state index contributed by atoms with van der Waals surface area (Å²) in [6.07, 6.45) is 6.82. The van der Waals surface area contributed by atoms with Gasteiger partial charge in [0.2, 0.25) is 0 Å². The summed E-state index contributed by atoms with van der Waals surface area (Å²) in [6.45, 7) is 3.79. The van der Waals surface area contributed by atoms with Gasteiger partial charge in [-0.3, -0.25) is 0 Å². The van der Waals surface area contributed by atoms with Crippen LogP contribution in [0.2, 0.25) is 0 Å². The number of benzene rings is 1. The molecule has 0 saturated carbocycles. The van der Waals surface area contributed by atoms with Gasteiger partial charge in [-0.25, -0.2) is 0 Å². The molecule has 1 aliphatic carbocycles. The maximum Gasteiger partial charge on any atom is 0.119 e. The Balaban J connectivity index is 2.46. The van der Waals surface area contributed by atoms with E-state index in [0.717, 1.165) is 17.7 Å². The van der Waals surface area contributed by atoms with E-state index in [1.807, 2.05) is 18.2 Å². The molecule has 1 atom stereocenters. The van der Waals surface area contributed by atoms with Crippen molar-refractivity contribution in [3.8, 4) is 5.75 Å². The van der Waals surface area contributed by atoms with Crippen molar-refractivity contribution in [3.05, 3.63) is 48.1 Å². The summed E-state index contributed by atoms with van der Waals surface area (Å²) in [5, 5.41) is 0. The van der Waals surface area contributed by atoms with Crippen LogP contribution in [-0.4, -0.2) is 14.2 Å². The number of hydrogen-bond acceptors (Lipinski definition) is 2. The highest BCUT2D eigenvalue weighted by Crippen LogP contribution is 2.40. The SMILES string of the molecule is C=CCC1(OC)C=Cc2cc(OC)ccc21. The molecule has 0 amide bonds. The molecule has 0 N–H and O–H groups in total. The van der Waals surface area contributed by atoms with Gasteiger partial charge in [0.15, 0.2) is 0 Å². The quantitative estimate of drug-likeness (QED) is 0.720. The molecule has 1 aromatic rings. The summed E-state index contributed by atoms with van der Waals surface area (Å²) in [6, 6.07) is 6.04. The Labute approximate surface area is 96.2 Å². The van der Waals surface area contributed by atoms with Crippen molar-refractivity contribution in [2.75, 3.05) is 14.2 Å². The van der Waals surface area contributed by atoms with E-state index in [9.17, 15) is 0 Å². The molecule has 0 fully saturated rings. The number of methoxy groups -OCH3 is 2. The van der Waals surface area contributed by atoms with Gasteiger partial charge in [0.05, 0.1) is 7.11 Å². The molecule has 0 saturated heterocycles. The lowest BCUT2D eigenvalue weighted by atomic mass is 9.92. The van der Waals surface area contributed by atoms with E-state index in [4.69, 9.17) is 9.47 Å². The molecule has 2 rings (SSSR count). The number of ether oxygens (including phenoxy) is 2. The second-order valence-electron chi connectivity index (χ2n) is 3.87. The average molecular weight is 216 g/mol. The lowest BCUT2D eigenvalue weighted by molar-refractivity contribution is 0.0345. The molecule has 0 aliphatic heterocycles. The van der Waals surface area contributed by atoms with Crippen LogP contribution in [0.1, 0.15) is 17.5 Å². The Hall–Kier alpha value is -1.54. The summed E-state index contributed by atoms with van der Waals surface area (Å²) in [5.74, 6) is 0.869. The first-order valence-corrected chi connectivity index (χ1v) is 5.29. The van der Waals surface area contributed by atoms with Crippen LogP contribution in [-0.2, 0) is 10.3 Å². The largest absolute Gasteiger partial charge is 0.497 e. The van der Waals surface area contributed by atoms with E-state index in [1.165, 1.54) is 5.56 Å². The van der Waals surface area contributed by atoms with Gasteiger partial charge in [0.1, 0.15) is 11.4 Å². The zero-order valence-corrected chi connectivity index (χ0v) is 9.69. The van der Waals surface area contributed by atoms with E-state index in [1.54, 1.807) is 14.2 Å². The predicted octanol–water partition coefficient (Wildman–Crippen LogP) is 3.14. The predicted molar refractivity (Wildman–Crippen MR) is 65.5 cm³/mol. The lowest BCUT2D eigenvalue weighted by Gasteiger charge is -2.26. The van der Waals surface area contributed by atoms with E-state index < -0.39 is 0 Å².